The molecule has 2 atom stereocenters. The summed E-state index contributed by atoms with van der Waals surface area (Å²) < 4.78 is 61.9. The average molecular weight is 572 g/mol. The van der Waals surface area contributed by atoms with Crippen molar-refractivity contribution in [2.75, 3.05) is 36.6 Å². The molecule has 3 aromatic rings. The molecule has 4 N–H and O–H groups in total. The number of hydrogen-bond donors (Lipinski definition) is 3. The number of benzene rings is 3. The molecule has 3 aromatic carbocycles. The van der Waals surface area contributed by atoms with E-state index in [1.165, 1.54) is 6.07 Å². The topological polar surface area (TPSA) is 87.8 Å². The van der Waals surface area contributed by atoms with Crippen molar-refractivity contribution in [2.24, 2.45) is 5.73 Å². The standard InChI is InChI=1S/C31H33F4N3O3/c1-18-4-7-24(37-28(40)21-10-22(29(2,3)36)13-23(11-21)31(33,34)35)14-25(18)19-5-6-20-15-30(32,17-39)27-16-41-9-8-38(27)26(20)12-19/h4-7,10-14,27,39H,8-9,15-17,36H2,1-3H3,(H,37,40)/t27-,30+/m0/s1. The van der Waals surface area contributed by atoms with Gasteiger partial charge in [-0.05, 0) is 85.0 Å². The summed E-state index contributed by atoms with van der Waals surface area (Å²) >= 11 is 0. The minimum Gasteiger partial charge on any atom is -0.393 e. The Bertz CT molecular complexity index is 1450. The van der Waals surface area contributed by atoms with E-state index < -0.39 is 41.5 Å². The summed E-state index contributed by atoms with van der Waals surface area (Å²) in [5.74, 6) is -0.693. The SMILES string of the molecule is Cc1ccc(NC(=O)c2cc(C(C)(C)N)cc(C(F)(F)F)c2)cc1-c1ccc2c(c1)N1CCOC[C@H]1[C@](F)(CO)C2. The van der Waals surface area contributed by atoms with Gasteiger partial charge in [0.1, 0.15) is 0 Å². The summed E-state index contributed by atoms with van der Waals surface area (Å²) in [6.45, 7) is 5.58. The summed E-state index contributed by atoms with van der Waals surface area (Å²) in [5.41, 5.74) is 6.88. The third-order valence-corrected chi connectivity index (χ3v) is 7.94. The molecule has 2 aliphatic heterocycles. The number of aliphatic hydroxyl groups excluding tert-OH is 1. The van der Waals surface area contributed by atoms with E-state index in [9.17, 15) is 23.1 Å². The van der Waals surface area contributed by atoms with Gasteiger partial charge in [0.15, 0.2) is 5.67 Å². The number of hydrogen-bond acceptors (Lipinski definition) is 5. The summed E-state index contributed by atoms with van der Waals surface area (Å²) in [6.07, 6.45) is -4.57. The molecule has 0 radical (unpaired) electrons. The Labute approximate surface area is 236 Å². The Kier molecular flexibility index (Phi) is 7.38. The van der Waals surface area contributed by atoms with E-state index in [2.05, 4.69) is 5.32 Å². The van der Waals surface area contributed by atoms with Crippen molar-refractivity contribution in [3.05, 3.63) is 82.4 Å². The lowest BCUT2D eigenvalue weighted by molar-refractivity contribution is -0.137. The zero-order chi connectivity index (χ0) is 29.7. The lowest BCUT2D eigenvalue weighted by Gasteiger charge is -2.48. The van der Waals surface area contributed by atoms with E-state index in [1.54, 1.807) is 26.0 Å². The molecule has 0 aromatic heterocycles. The first-order chi connectivity index (χ1) is 19.2. The Balaban J connectivity index is 1.47. The molecule has 2 aliphatic rings. The Morgan fingerprint density at radius 3 is 2.54 bits per heavy atom. The maximum Gasteiger partial charge on any atom is 0.416 e. The number of rotatable bonds is 5. The number of carbonyl (C=O) groups excluding carboxylic acids is 1. The third kappa shape index (κ3) is 5.68. The lowest BCUT2D eigenvalue weighted by atomic mass is 9.82. The molecule has 0 bridgehead atoms. The van der Waals surface area contributed by atoms with Gasteiger partial charge >= 0.3 is 6.18 Å². The zero-order valence-corrected chi connectivity index (χ0v) is 23.1. The van der Waals surface area contributed by atoms with E-state index in [0.717, 1.165) is 40.1 Å². The third-order valence-electron chi connectivity index (χ3n) is 7.94. The summed E-state index contributed by atoms with van der Waals surface area (Å²) in [4.78, 5) is 15.1. The van der Waals surface area contributed by atoms with Crippen LogP contribution in [0.15, 0.2) is 54.6 Å². The van der Waals surface area contributed by atoms with Crippen molar-refractivity contribution in [3.8, 4) is 11.1 Å². The fraction of sp³-hybridized carbons (Fsp3) is 0.387. The number of anilines is 2. The number of aliphatic hydroxyl groups is 1. The molecule has 10 heteroatoms. The fourth-order valence-electron chi connectivity index (χ4n) is 5.57. The predicted octanol–water partition coefficient (Wildman–Crippen LogP) is 5.59. The molecule has 1 saturated heterocycles. The van der Waals surface area contributed by atoms with Crippen molar-refractivity contribution < 1.29 is 32.2 Å². The maximum absolute atomic E-state index is 15.6. The van der Waals surface area contributed by atoms with Crippen molar-refractivity contribution >= 4 is 17.3 Å². The molecule has 41 heavy (non-hydrogen) atoms. The number of fused-ring (bicyclic) bond motifs is 3. The molecule has 0 aliphatic carbocycles. The van der Waals surface area contributed by atoms with Gasteiger partial charge in [-0.2, -0.15) is 13.2 Å². The molecule has 1 fully saturated rings. The van der Waals surface area contributed by atoms with Crippen LogP contribution < -0.4 is 16.0 Å². The summed E-state index contributed by atoms with van der Waals surface area (Å²) in [5, 5.41) is 12.6. The maximum atomic E-state index is 15.6. The number of ether oxygens (including phenoxy) is 1. The molecule has 0 unspecified atom stereocenters. The van der Waals surface area contributed by atoms with Gasteiger partial charge in [-0.15, -0.1) is 0 Å². The second-order valence-corrected chi connectivity index (χ2v) is 11.5. The first kappa shape index (κ1) is 29.0. The largest absolute Gasteiger partial charge is 0.416 e. The van der Waals surface area contributed by atoms with E-state index in [-0.39, 0.29) is 24.2 Å². The zero-order valence-electron chi connectivity index (χ0n) is 23.1. The fourth-order valence-corrected chi connectivity index (χ4v) is 5.57. The molecule has 5 rings (SSSR count). The number of aryl methyl sites for hydroxylation is 1. The highest BCUT2D eigenvalue weighted by atomic mass is 19.4. The van der Waals surface area contributed by atoms with E-state index in [1.807, 2.05) is 36.1 Å². The van der Waals surface area contributed by atoms with Crippen LogP contribution in [0.1, 0.15) is 46.5 Å². The van der Waals surface area contributed by atoms with Gasteiger partial charge in [0.2, 0.25) is 0 Å². The molecule has 6 nitrogen and oxygen atoms in total. The Morgan fingerprint density at radius 1 is 1.12 bits per heavy atom. The lowest BCUT2D eigenvalue weighted by Crippen LogP contribution is -2.62. The average Bonchev–Trinajstić information content (AvgIpc) is 2.93. The highest BCUT2D eigenvalue weighted by molar-refractivity contribution is 6.05. The van der Waals surface area contributed by atoms with E-state index in [4.69, 9.17) is 10.5 Å². The first-order valence-corrected chi connectivity index (χ1v) is 13.4. The number of nitrogens with zero attached hydrogens (tertiary/aromatic N) is 1. The smallest absolute Gasteiger partial charge is 0.393 e. The number of morpholine rings is 1. The van der Waals surface area contributed by atoms with Gasteiger partial charge in [-0.25, -0.2) is 4.39 Å². The van der Waals surface area contributed by atoms with Crippen LogP contribution in [0, 0.1) is 6.92 Å². The Hall–Kier alpha value is -3.47. The quantitative estimate of drug-likeness (QED) is 0.348. The van der Waals surface area contributed by atoms with Crippen LogP contribution in [-0.4, -0.2) is 49.1 Å². The summed E-state index contributed by atoms with van der Waals surface area (Å²) in [7, 11) is 0. The highest BCUT2D eigenvalue weighted by Gasteiger charge is 2.48. The number of nitrogens with one attached hydrogen (secondary N) is 1. The minimum absolute atomic E-state index is 0.0668. The monoisotopic (exact) mass is 571 g/mol. The number of amides is 1. The van der Waals surface area contributed by atoms with E-state index in [0.29, 0.717) is 18.8 Å². The molecule has 1 amide bonds. The Morgan fingerprint density at radius 2 is 1.85 bits per heavy atom. The number of alkyl halides is 4. The van der Waals surface area contributed by atoms with Crippen LogP contribution in [0.25, 0.3) is 11.1 Å². The minimum atomic E-state index is -4.64. The van der Waals surface area contributed by atoms with Crippen LogP contribution in [0.5, 0.6) is 0 Å². The molecule has 2 heterocycles. The second-order valence-electron chi connectivity index (χ2n) is 11.5. The van der Waals surface area contributed by atoms with E-state index >= 15 is 4.39 Å². The first-order valence-electron chi connectivity index (χ1n) is 13.4. The van der Waals surface area contributed by atoms with Crippen molar-refractivity contribution in [1.82, 2.24) is 0 Å². The van der Waals surface area contributed by atoms with Crippen LogP contribution in [0.3, 0.4) is 0 Å². The van der Waals surface area contributed by atoms with Gasteiger partial charge in [0.25, 0.3) is 5.91 Å². The number of nitrogens with two attached hydrogens (primary N) is 1. The highest BCUT2D eigenvalue weighted by Crippen LogP contribution is 2.42. The number of halogens is 4. The molecule has 0 spiro atoms. The van der Waals surface area contributed by atoms with Crippen LogP contribution in [0.2, 0.25) is 0 Å². The normalized spacial score (nSPS) is 20.8. The van der Waals surface area contributed by atoms with Crippen molar-refractivity contribution in [1.29, 1.82) is 0 Å². The van der Waals surface area contributed by atoms with Gasteiger partial charge in [-0.1, -0.05) is 18.2 Å². The van der Waals surface area contributed by atoms with Gasteiger partial charge in [-0.3, -0.25) is 4.79 Å². The van der Waals surface area contributed by atoms with Crippen LogP contribution >= 0.6 is 0 Å². The molecule has 0 saturated carbocycles. The molecular formula is C31H33F4N3O3. The summed E-state index contributed by atoms with van der Waals surface area (Å²) in [6, 6.07) is 13.5. The van der Waals surface area contributed by atoms with Gasteiger partial charge in [0, 0.05) is 35.4 Å². The van der Waals surface area contributed by atoms with Gasteiger partial charge in [0.05, 0.1) is 31.4 Å². The van der Waals surface area contributed by atoms with Gasteiger partial charge < -0.3 is 25.8 Å². The van der Waals surface area contributed by atoms with Crippen LogP contribution in [0.4, 0.5) is 28.9 Å². The molecular weight excluding hydrogens is 538 g/mol. The van der Waals surface area contributed by atoms with Crippen molar-refractivity contribution in [2.45, 2.75) is 50.6 Å². The number of carbonyl (C=O) groups is 1. The van der Waals surface area contributed by atoms with Crippen LogP contribution in [-0.2, 0) is 22.9 Å². The second kappa shape index (κ2) is 10.4. The predicted molar refractivity (Wildman–Crippen MR) is 150 cm³/mol. The molecule has 218 valence electrons. The van der Waals surface area contributed by atoms with Crippen molar-refractivity contribution in [3.63, 3.8) is 0 Å².